The highest BCUT2D eigenvalue weighted by molar-refractivity contribution is 5.94. The minimum Gasteiger partial charge on any atom is -0.497 e. The Kier molecular flexibility index (Phi) is 6.80. The number of nitrogens with one attached hydrogen (secondary N) is 2. The van der Waals surface area contributed by atoms with Crippen LogP contribution in [0.25, 0.3) is 0 Å². The third kappa shape index (κ3) is 6.47. The number of rotatable bonds is 7. The molecule has 0 unspecified atom stereocenters. The van der Waals surface area contributed by atoms with E-state index in [2.05, 4.69) is 22.2 Å². The minimum absolute atomic E-state index is 0.159. The van der Waals surface area contributed by atoms with Crippen molar-refractivity contribution in [2.24, 2.45) is 10.7 Å². The number of hydrogen-bond donors (Lipinski definition) is 3. The van der Waals surface area contributed by atoms with Crippen LogP contribution in [0.5, 0.6) is 5.75 Å². The first-order chi connectivity index (χ1) is 10.0. The number of carbonyl (C=O) groups excluding carboxylic acids is 1. The number of ether oxygens (including phenoxy) is 1. The van der Waals surface area contributed by atoms with E-state index in [1.165, 1.54) is 0 Å². The average Bonchev–Trinajstić information content (AvgIpc) is 2.49. The van der Waals surface area contributed by atoms with E-state index in [1.54, 1.807) is 31.4 Å². The van der Waals surface area contributed by atoms with Crippen molar-refractivity contribution in [1.82, 2.24) is 10.6 Å². The Balaban J connectivity index is 2.33. The van der Waals surface area contributed by atoms with Crippen molar-refractivity contribution in [2.75, 3.05) is 26.7 Å². The molecule has 0 aliphatic carbocycles. The van der Waals surface area contributed by atoms with Crippen molar-refractivity contribution in [1.29, 1.82) is 0 Å². The standard InChI is InChI=1S/C15H22N4O2/c1-11(2)10-19-15(16)18-8-7-17-14(20)12-5-4-6-13(9-12)21-3/h4-6,9H,1,7-8,10H2,2-3H3,(H,17,20)(H3,16,18,19). The molecule has 0 heterocycles. The highest BCUT2D eigenvalue weighted by Gasteiger charge is 2.05. The molecule has 0 atom stereocenters. The van der Waals surface area contributed by atoms with E-state index in [0.717, 1.165) is 5.57 Å². The summed E-state index contributed by atoms with van der Waals surface area (Å²) in [6.45, 7) is 7.06. The molecular formula is C15H22N4O2. The van der Waals surface area contributed by atoms with Crippen LogP contribution in [0.1, 0.15) is 17.3 Å². The summed E-state index contributed by atoms with van der Waals surface area (Å²) < 4.78 is 5.08. The fourth-order valence-corrected chi connectivity index (χ4v) is 1.51. The van der Waals surface area contributed by atoms with E-state index in [4.69, 9.17) is 10.5 Å². The van der Waals surface area contributed by atoms with Crippen LogP contribution in [0.2, 0.25) is 0 Å². The molecule has 21 heavy (non-hydrogen) atoms. The summed E-state index contributed by atoms with van der Waals surface area (Å²) in [5, 5.41) is 5.70. The number of nitrogens with two attached hydrogens (primary N) is 1. The lowest BCUT2D eigenvalue weighted by molar-refractivity contribution is 0.0954. The zero-order valence-electron chi connectivity index (χ0n) is 12.5. The largest absolute Gasteiger partial charge is 0.497 e. The van der Waals surface area contributed by atoms with E-state index in [0.29, 0.717) is 36.9 Å². The fourth-order valence-electron chi connectivity index (χ4n) is 1.51. The predicted molar refractivity (Wildman–Crippen MR) is 84.6 cm³/mol. The number of nitrogens with zero attached hydrogens (tertiary/aromatic N) is 1. The van der Waals surface area contributed by atoms with Crippen LogP contribution in [-0.4, -0.2) is 38.6 Å². The lowest BCUT2D eigenvalue weighted by atomic mass is 10.2. The lowest BCUT2D eigenvalue weighted by Gasteiger charge is -2.08. The normalized spacial score (nSPS) is 10.9. The van der Waals surface area contributed by atoms with Gasteiger partial charge >= 0.3 is 0 Å². The van der Waals surface area contributed by atoms with E-state index < -0.39 is 0 Å². The van der Waals surface area contributed by atoms with Gasteiger partial charge in [-0.2, -0.15) is 0 Å². The van der Waals surface area contributed by atoms with Crippen molar-refractivity contribution < 1.29 is 9.53 Å². The maximum absolute atomic E-state index is 11.9. The quantitative estimate of drug-likeness (QED) is 0.301. The molecule has 0 aromatic heterocycles. The van der Waals surface area contributed by atoms with Gasteiger partial charge in [-0.05, 0) is 25.1 Å². The topological polar surface area (TPSA) is 88.7 Å². The molecule has 4 N–H and O–H groups in total. The lowest BCUT2D eigenvalue weighted by Crippen LogP contribution is -2.38. The molecule has 0 saturated heterocycles. The zero-order valence-corrected chi connectivity index (χ0v) is 12.5. The number of methoxy groups -OCH3 is 1. The second-order valence-corrected chi connectivity index (χ2v) is 4.57. The molecule has 0 aliphatic heterocycles. The number of benzene rings is 1. The molecule has 0 saturated carbocycles. The van der Waals surface area contributed by atoms with Gasteiger partial charge in [-0.1, -0.05) is 18.2 Å². The number of aliphatic imine (C=N–C) groups is 1. The average molecular weight is 290 g/mol. The van der Waals surface area contributed by atoms with Crippen molar-refractivity contribution in [3.63, 3.8) is 0 Å². The van der Waals surface area contributed by atoms with Gasteiger partial charge in [-0.3, -0.25) is 4.79 Å². The Morgan fingerprint density at radius 3 is 2.76 bits per heavy atom. The zero-order chi connectivity index (χ0) is 15.7. The first kappa shape index (κ1) is 16.6. The first-order valence-electron chi connectivity index (χ1n) is 6.63. The minimum atomic E-state index is -0.159. The molecule has 0 aliphatic rings. The highest BCUT2D eigenvalue weighted by atomic mass is 16.5. The van der Waals surface area contributed by atoms with Crippen LogP contribution in [0.3, 0.4) is 0 Å². The molecule has 6 heteroatoms. The number of carbonyl (C=O) groups is 1. The third-order valence-corrected chi connectivity index (χ3v) is 2.57. The molecule has 0 spiro atoms. The molecule has 1 aromatic rings. The summed E-state index contributed by atoms with van der Waals surface area (Å²) in [5.41, 5.74) is 7.15. The number of guanidine groups is 1. The smallest absolute Gasteiger partial charge is 0.251 e. The van der Waals surface area contributed by atoms with Crippen LogP contribution in [-0.2, 0) is 0 Å². The Morgan fingerprint density at radius 2 is 2.10 bits per heavy atom. The van der Waals surface area contributed by atoms with Crippen molar-refractivity contribution in [3.05, 3.63) is 42.0 Å². The van der Waals surface area contributed by atoms with Crippen LogP contribution >= 0.6 is 0 Å². The first-order valence-corrected chi connectivity index (χ1v) is 6.63. The predicted octanol–water partition coefficient (Wildman–Crippen LogP) is 0.905. The highest BCUT2D eigenvalue weighted by Crippen LogP contribution is 2.11. The summed E-state index contributed by atoms with van der Waals surface area (Å²) in [4.78, 5) is 16.0. The molecule has 0 bridgehead atoms. The Hall–Kier alpha value is -2.50. The van der Waals surface area contributed by atoms with Crippen LogP contribution in [0, 0.1) is 0 Å². The fraction of sp³-hybridized carbons (Fsp3) is 0.333. The molecule has 1 rings (SSSR count). The van der Waals surface area contributed by atoms with Gasteiger partial charge in [0.05, 0.1) is 13.7 Å². The van der Waals surface area contributed by atoms with Crippen molar-refractivity contribution in [3.8, 4) is 5.75 Å². The van der Waals surface area contributed by atoms with Gasteiger partial charge in [0.1, 0.15) is 5.75 Å². The third-order valence-electron chi connectivity index (χ3n) is 2.57. The summed E-state index contributed by atoms with van der Waals surface area (Å²) in [7, 11) is 1.56. The second kappa shape index (κ2) is 8.63. The van der Waals surface area contributed by atoms with Crippen LogP contribution in [0.4, 0.5) is 0 Å². The maximum atomic E-state index is 11.9. The molecule has 1 aromatic carbocycles. The second-order valence-electron chi connectivity index (χ2n) is 4.57. The van der Waals surface area contributed by atoms with E-state index in [-0.39, 0.29) is 5.91 Å². The summed E-state index contributed by atoms with van der Waals surface area (Å²) in [5.74, 6) is 0.832. The molecule has 0 fully saturated rings. The van der Waals surface area contributed by atoms with Gasteiger partial charge < -0.3 is 21.1 Å². The SMILES string of the molecule is C=C(C)CN=C(N)NCCNC(=O)c1cccc(OC)c1. The van der Waals surface area contributed by atoms with Gasteiger partial charge in [0.2, 0.25) is 0 Å². The van der Waals surface area contributed by atoms with Crippen LogP contribution < -0.4 is 21.1 Å². The Morgan fingerprint density at radius 1 is 1.38 bits per heavy atom. The van der Waals surface area contributed by atoms with Gasteiger partial charge in [-0.25, -0.2) is 4.99 Å². The molecular weight excluding hydrogens is 268 g/mol. The van der Waals surface area contributed by atoms with Crippen molar-refractivity contribution >= 4 is 11.9 Å². The molecule has 0 radical (unpaired) electrons. The van der Waals surface area contributed by atoms with E-state index in [9.17, 15) is 4.79 Å². The Bertz CT molecular complexity index is 526. The van der Waals surface area contributed by atoms with Gasteiger partial charge in [0.25, 0.3) is 5.91 Å². The van der Waals surface area contributed by atoms with Gasteiger partial charge in [-0.15, -0.1) is 0 Å². The number of amides is 1. The van der Waals surface area contributed by atoms with E-state index in [1.807, 2.05) is 6.92 Å². The number of hydrogen-bond acceptors (Lipinski definition) is 3. The molecule has 1 amide bonds. The Labute approximate surface area is 125 Å². The summed E-state index contributed by atoms with van der Waals surface area (Å²) in [6.07, 6.45) is 0. The maximum Gasteiger partial charge on any atom is 0.251 e. The summed E-state index contributed by atoms with van der Waals surface area (Å²) in [6, 6.07) is 6.98. The van der Waals surface area contributed by atoms with Gasteiger partial charge in [0.15, 0.2) is 5.96 Å². The monoisotopic (exact) mass is 290 g/mol. The van der Waals surface area contributed by atoms with Gasteiger partial charge in [0, 0.05) is 18.7 Å². The van der Waals surface area contributed by atoms with E-state index >= 15 is 0 Å². The summed E-state index contributed by atoms with van der Waals surface area (Å²) >= 11 is 0. The van der Waals surface area contributed by atoms with Crippen molar-refractivity contribution in [2.45, 2.75) is 6.92 Å². The molecule has 114 valence electrons. The molecule has 6 nitrogen and oxygen atoms in total. The van der Waals surface area contributed by atoms with Crippen LogP contribution in [0.15, 0.2) is 41.4 Å².